The Morgan fingerprint density at radius 2 is 1.74 bits per heavy atom. The van der Waals surface area contributed by atoms with Crippen LogP contribution in [0, 0.1) is 0 Å². The van der Waals surface area contributed by atoms with Crippen molar-refractivity contribution in [1.82, 2.24) is 20.2 Å². The first-order valence-electron chi connectivity index (χ1n) is 13.0. The number of H-pyrrole nitrogens is 1. The van der Waals surface area contributed by atoms with Crippen molar-refractivity contribution in [2.75, 3.05) is 13.7 Å². The molecule has 2 aliphatic heterocycles. The van der Waals surface area contributed by atoms with Gasteiger partial charge in [0.2, 0.25) is 0 Å². The number of hydrogen-bond acceptors (Lipinski definition) is 6. The van der Waals surface area contributed by atoms with Crippen LogP contribution in [0.5, 0.6) is 0 Å². The number of carbonyl (C=O) groups excluding carboxylic acids is 2. The van der Waals surface area contributed by atoms with Gasteiger partial charge in [0.1, 0.15) is 17.9 Å². The third kappa shape index (κ3) is 5.22. The number of hydrogen-bond donors (Lipinski definition) is 2. The predicted octanol–water partition coefficient (Wildman–Crippen LogP) is 3.91. The van der Waals surface area contributed by atoms with Gasteiger partial charge in [0.25, 0.3) is 5.91 Å². The summed E-state index contributed by atoms with van der Waals surface area (Å²) < 4.78 is 17.1. The fourth-order valence-electron chi connectivity index (χ4n) is 4.69. The molecule has 1 fully saturated rings. The number of nitrogens with zero attached hydrogens (tertiary/aromatic N) is 2. The molecular formula is C29H33BN4O5. The van der Waals surface area contributed by atoms with Crippen LogP contribution >= 0.6 is 0 Å². The summed E-state index contributed by atoms with van der Waals surface area (Å²) in [6.07, 6.45) is 5.01. The van der Waals surface area contributed by atoms with E-state index in [2.05, 4.69) is 10.3 Å². The molecule has 2 N–H and O–H groups in total. The summed E-state index contributed by atoms with van der Waals surface area (Å²) in [5, 5.41) is 2.67. The van der Waals surface area contributed by atoms with Crippen molar-refractivity contribution in [3.8, 4) is 11.3 Å². The van der Waals surface area contributed by atoms with E-state index >= 15 is 0 Å². The number of nitrogens with one attached hydrogen (secondary N) is 2. The second kappa shape index (κ2) is 10.4. The van der Waals surface area contributed by atoms with Crippen molar-refractivity contribution >= 4 is 24.6 Å². The van der Waals surface area contributed by atoms with Crippen LogP contribution in [-0.4, -0.2) is 58.8 Å². The standard InChI is InChI=1S/C29H33BN4O5/c1-28(2)29(3,4)39-30(38-28)21-15-13-19(14-16-21)22-18-31-25(32-22)23-12-9-17-34(23)26(35)24(33-27(36)37-5)20-10-7-6-8-11-20/h6-16,18,23-24H,17H2,1-5H3,(H,31,32)(H,33,36)/t23?,24-/m1/s1. The maximum Gasteiger partial charge on any atom is 0.494 e. The van der Waals surface area contributed by atoms with E-state index in [0.717, 1.165) is 16.7 Å². The molecule has 1 saturated heterocycles. The first-order valence-corrected chi connectivity index (χ1v) is 13.0. The Balaban J connectivity index is 1.33. The van der Waals surface area contributed by atoms with Gasteiger partial charge in [0, 0.05) is 18.3 Å². The Morgan fingerprint density at radius 3 is 2.38 bits per heavy atom. The van der Waals surface area contributed by atoms with E-state index in [4.69, 9.17) is 19.0 Å². The molecule has 202 valence electrons. The Labute approximate surface area is 228 Å². The van der Waals surface area contributed by atoms with Crippen molar-refractivity contribution in [1.29, 1.82) is 0 Å². The van der Waals surface area contributed by atoms with Gasteiger partial charge in [-0.05, 0) is 38.7 Å². The zero-order valence-electron chi connectivity index (χ0n) is 22.8. The summed E-state index contributed by atoms with van der Waals surface area (Å²) in [4.78, 5) is 35.4. The van der Waals surface area contributed by atoms with Gasteiger partial charge < -0.3 is 29.2 Å². The Bertz CT molecular complexity index is 1350. The second-order valence-corrected chi connectivity index (χ2v) is 10.7. The molecule has 0 aliphatic carbocycles. The van der Waals surface area contributed by atoms with Gasteiger partial charge in [0.05, 0.1) is 24.0 Å². The number of methoxy groups -OCH3 is 1. The molecule has 10 heteroatoms. The zero-order valence-corrected chi connectivity index (χ0v) is 22.8. The van der Waals surface area contributed by atoms with Gasteiger partial charge in [-0.2, -0.15) is 0 Å². The third-order valence-electron chi connectivity index (χ3n) is 7.68. The SMILES string of the molecule is COC(=O)N[C@@H](C(=O)N1CC=CC1c1nc(-c2ccc(B3OC(C)(C)C(C)(C)O3)cc2)c[nH]1)c1ccccc1. The number of rotatable bonds is 6. The molecule has 9 nitrogen and oxygen atoms in total. The highest BCUT2D eigenvalue weighted by Crippen LogP contribution is 2.36. The Hall–Kier alpha value is -3.89. The van der Waals surface area contributed by atoms with Crippen LogP contribution in [0.1, 0.15) is 51.2 Å². The van der Waals surface area contributed by atoms with Crippen LogP contribution < -0.4 is 10.8 Å². The average Bonchev–Trinajstić information content (AvgIpc) is 3.65. The highest BCUT2D eigenvalue weighted by atomic mass is 16.7. The monoisotopic (exact) mass is 528 g/mol. The fraction of sp³-hybridized carbons (Fsp3) is 0.345. The summed E-state index contributed by atoms with van der Waals surface area (Å²) in [7, 11) is 0.840. The topological polar surface area (TPSA) is 106 Å². The molecule has 5 rings (SSSR count). The average molecular weight is 528 g/mol. The third-order valence-corrected chi connectivity index (χ3v) is 7.68. The molecule has 0 saturated carbocycles. The number of alkyl carbamates (subject to hydrolysis) is 1. The molecule has 0 radical (unpaired) electrons. The number of ether oxygens (including phenoxy) is 1. The van der Waals surface area contributed by atoms with Gasteiger partial charge in [-0.25, -0.2) is 9.78 Å². The van der Waals surface area contributed by atoms with Crippen molar-refractivity contribution in [3.63, 3.8) is 0 Å². The predicted molar refractivity (Wildman–Crippen MR) is 148 cm³/mol. The number of amides is 2. The molecule has 0 spiro atoms. The molecule has 2 aromatic carbocycles. The molecule has 1 unspecified atom stereocenters. The van der Waals surface area contributed by atoms with Crippen molar-refractivity contribution in [3.05, 3.63) is 84.3 Å². The lowest BCUT2D eigenvalue weighted by Gasteiger charge is -2.32. The van der Waals surface area contributed by atoms with Crippen molar-refractivity contribution in [2.45, 2.75) is 51.0 Å². The number of aromatic amines is 1. The fourth-order valence-corrected chi connectivity index (χ4v) is 4.69. The van der Waals surface area contributed by atoms with Crippen LogP contribution in [0.4, 0.5) is 4.79 Å². The van der Waals surface area contributed by atoms with E-state index in [1.807, 2.05) is 88.5 Å². The minimum absolute atomic E-state index is 0.258. The van der Waals surface area contributed by atoms with Gasteiger partial charge in [0.15, 0.2) is 0 Å². The first-order chi connectivity index (χ1) is 18.6. The number of imidazole rings is 1. The highest BCUT2D eigenvalue weighted by molar-refractivity contribution is 6.62. The lowest BCUT2D eigenvalue weighted by Crippen LogP contribution is -2.43. The van der Waals surface area contributed by atoms with Gasteiger partial charge >= 0.3 is 13.2 Å². The van der Waals surface area contributed by atoms with E-state index in [1.165, 1.54) is 7.11 Å². The molecular weight excluding hydrogens is 495 g/mol. The normalized spacial score (nSPS) is 20.2. The summed E-state index contributed by atoms with van der Waals surface area (Å²) in [5.74, 6) is 0.373. The van der Waals surface area contributed by atoms with Gasteiger partial charge in [-0.3, -0.25) is 4.79 Å². The molecule has 2 amide bonds. The largest absolute Gasteiger partial charge is 0.494 e. The van der Waals surface area contributed by atoms with E-state index < -0.39 is 36.5 Å². The molecule has 3 aromatic rings. The van der Waals surface area contributed by atoms with E-state index in [-0.39, 0.29) is 5.91 Å². The van der Waals surface area contributed by atoms with Crippen LogP contribution in [0.2, 0.25) is 0 Å². The Morgan fingerprint density at radius 1 is 1.08 bits per heavy atom. The van der Waals surface area contributed by atoms with Crippen molar-refractivity contribution < 1.29 is 23.6 Å². The van der Waals surface area contributed by atoms with E-state index in [9.17, 15) is 9.59 Å². The molecule has 3 heterocycles. The lowest BCUT2D eigenvalue weighted by molar-refractivity contribution is -0.134. The van der Waals surface area contributed by atoms with Crippen LogP contribution in [0.15, 0.2) is 72.9 Å². The number of carbonyl (C=O) groups is 2. The van der Waals surface area contributed by atoms with Gasteiger partial charge in [-0.15, -0.1) is 0 Å². The number of benzene rings is 2. The smallest absolute Gasteiger partial charge is 0.453 e. The molecule has 2 aliphatic rings. The first kappa shape index (κ1) is 26.7. The van der Waals surface area contributed by atoms with Crippen LogP contribution in [0.25, 0.3) is 11.3 Å². The maximum absolute atomic E-state index is 13.7. The van der Waals surface area contributed by atoms with E-state index in [1.54, 1.807) is 17.0 Å². The number of aromatic nitrogens is 2. The minimum atomic E-state index is -0.891. The molecule has 0 bridgehead atoms. The van der Waals surface area contributed by atoms with Gasteiger partial charge in [-0.1, -0.05) is 66.7 Å². The highest BCUT2D eigenvalue weighted by Gasteiger charge is 2.51. The van der Waals surface area contributed by atoms with Crippen molar-refractivity contribution in [2.24, 2.45) is 0 Å². The zero-order chi connectivity index (χ0) is 27.8. The maximum atomic E-state index is 13.7. The summed E-state index contributed by atoms with van der Waals surface area (Å²) >= 11 is 0. The Kier molecular flexibility index (Phi) is 7.09. The lowest BCUT2D eigenvalue weighted by atomic mass is 9.79. The summed E-state index contributed by atoms with van der Waals surface area (Å²) in [6.45, 7) is 8.53. The van der Waals surface area contributed by atoms with E-state index in [0.29, 0.717) is 17.9 Å². The second-order valence-electron chi connectivity index (χ2n) is 10.7. The quantitative estimate of drug-likeness (QED) is 0.371. The molecule has 1 aromatic heterocycles. The summed E-state index contributed by atoms with van der Waals surface area (Å²) in [5.41, 5.74) is 2.47. The molecule has 2 atom stereocenters. The summed E-state index contributed by atoms with van der Waals surface area (Å²) in [6, 6.07) is 15.8. The van der Waals surface area contributed by atoms with Crippen LogP contribution in [-0.2, 0) is 18.8 Å². The van der Waals surface area contributed by atoms with Crippen LogP contribution in [0.3, 0.4) is 0 Å². The minimum Gasteiger partial charge on any atom is -0.453 e. The molecule has 39 heavy (non-hydrogen) atoms.